The molecule has 0 atom stereocenters. The summed E-state index contributed by atoms with van der Waals surface area (Å²) in [5, 5.41) is 36.0. The highest BCUT2D eigenvalue weighted by Gasteiger charge is 2.28. The number of hydrogen-bond acceptors (Lipinski definition) is 11. The molecule has 0 unspecified atom stereocenters. The number of phenols is 2. The van der Waals surface area contributed by atoms with Crippen LogP contribution in [-0.4, -0.2) is 77.6 Å². The Labute approximate surface area is 317 Å². The Morgan fingerprint density at radius 3 is 2.29 bits per heavy atom. The van der Waals surface area contributed by atoms with E-state index in [4.69, 9.17) is 29.9 Å². The van der Waals surface area contributed by atoms with E-state index in [1.165, 1.54) is 0 Å². The number of aliphatic hydroxyl groups is 1. The van der Waals surface area contributed by atoms with E-state index in [2.05, 4.69) is 25.3 Å². The summed E-state index contributed by atoms with van der Waals surface area (Å²) in [5.41, 5.74) is 7.06. The molecular weight excluding hydrogens is 711 g/mol. The zero-order chi connectivity index (χ0) is 38.1. The Balaban J connectivity index is 1.18. The maximum absolute atomic E-state index is 13.9. The van der Waals surface area contributed by atoms with Crippen molar-refractivity contribution in [3.8, 4) is 57.1 Å². The van der Waals surface area contributed by atoms with Gasteiger partial charge in [-0.1, -0.05) is 12.1 Å². The number of aromatic hydroxyl groups is 2. The molecule has 4 aromatic heterocycles. The van der Waals surface area contributed by atoms with Crippen molar-refractivity contribution in [1.29, 1.82) is 0 Å². The molecule has 1 amide bonds. The van der Waals surface area contributed by atoms with Crippen LogP contribution >= 0.6 is 0 Å². The fraction of sp³-hybridized carbons (Fsp3) is 0.171. The van der Waals surface area contributed by atoms with Crippen LogP contribution in [0.4, 0.5) is 0 Å². The average molecular weight is 744 g/mol. The Morgan fingerprint density at radius 1 is 0.714 bits per heavy atom. The minimum absolute atomic E-state index is 0.0276. The third-order valence-electron chi connectivity index (χ3n) is 10.3. The van der Waals surface area contributed by atoms with Crippen LogP contribution in [0.1, 0.15) is 45.8 Å². The Hall–Kier alpha value is -7.42. The van der Waals surface area contributed by atoms with Gasteiger partial charge in [-0.2, -0.15) is 0 Å². The molecule has 0 radical (unpaired) electrons. The Kier molecular flexibility index (Phi) is 7.62. The van der Waals surface area contributed by atoms with E-state index in [1.54, 1.807) is 54.6 Å². The van der Waals surface area contributed by atoms with Crippen LogP contribution in [0.25, 0.3) is 78.9 Å². The number of rotatable bonds is 6. The number of H-pyrrole nitrogens is 3. The molecule has 0 spiro atoms. The lowest BCUT2D eigenvalue weighted by Crippen LogP contribution is -2.25. The fourth-order valence-electron chi connectivity index (χ4n) is 7.58. The van der Waals surface area contributed by atoms with Gasteiger partial charge in [-0.05, 0) is 81.1 Å². The van der Waals surface area contributed by atoms with Crippen LogP contribution < -0.4 is 5.32 Å². The number of carbonyl (C=O) groups excluding carboxylic acids is 1. The van der Waals surface area contributed by atoms with Crippen LogP contribution in [0.5, 0.6) is 11.5 Å². The van der Waals surface area contributed by atoms with E-state index < -0.39 is 0 Å². The largest absolute Gasteiger partial charge is 0.512 e. The van der Waals surface area contributed by atoms with Gasteiger partial charge in [0.25, 0.3) is 5.91 Å². The molecule has 15 nitrogen and oxygen atoms in total. The molecule has 7 N–H and O–H groups in total. The number of unbranched alkanes of at least 4 members (excludes halogenated alkanes) is 1. The first kappa shape index (κ1) is 33.2. The average Bonchev–Trinajstić information content (AvgIpc) is 3.99. The van der Waals surface area contributed by atoms with Gasteiger partial charge in [0.15, 0.2) is 23.3 Å². The van der Waals surface area contributed by atoms with Gasteiger partial charge in [0, 0.05) is 63.3 Å². The second-order valence-corrected chi connectivity index (χ2v) is 14.0. The van der Waals surface area contributed by atoms with E-state index in [0.29, 0.717) is 85.8 Å². The quantitative estimate of drug-likeness (QED) is 0.0916. The normalized spacial score (nSPS) is 12.9. The third-order valence-corrected chi connectivity index (χ3v) is 10.3. The molecule has 1 aliphatic carbocycles. The van der Waals surface area contributed by atoms with E-state index in [-0.39, 0.29) is 41.2 Å². The Morgan fingerprint density at radius 2 is 1.43 bits per heavy atom. The van der Waals surface area contributed by atoms with E-state index in [1.807, 2.05) is 19.2 Å². The van der Waals surface area contributed by atoms with Gasteiger partial charge in [-0.3, -0.25) is 4.79 Å². The fourth-order valence-corrected chi connectivity index (χ4v) is 7.58. The van der Waals surface area contributed by atoms with Crippen molar-refractivity contribution in [3.63, 3.8) is 0 Å². The van der Waals surface area contributed by atoms with Gasteiger partial charge in [-0.25, -0.2) is 34.9 Å². The van der Waals surface area contributed by atoms with Crippen LogP contribution in [0.3, 0.4) is 0 Å². The lowest BCUT2D eigenvalue weighted by Gasteiger charge is -2.09. The molecule has 0 fully saturated rings. The summed E-state index contributed by atoms with van der Waals surface area (Å²) in [5.74, 6) is 2.13. The maximum Gasteiger partial charge on any atom is 0.252 e. The van der Waals surface area contributed by atoms with Crippen molar-refractivity contribution in [2.45, 2.75) is 39.0 Å². The minimum Gasteiger partial charge on any atom is -0.512 e. The number of phenolic OH excluding ortho intramolecular Hbond substituents is 2. The van der Waals surface area contributed by atoms with Crippen LogP contribution in [0, 0.1) is 6.92 Å². The van der Waals surface area contributed by atoms with Gasteiger partial charge < -0.3 is 35.6 Å². The first-order valence-corrected chi connectivity index (χ1v) is 18.3. The molecule has 0 saturated heterocycles. The summed E-state index contributed by atoms with van der Waals surface area (Å²) in [6.45, 7) is 2.39. The molecule has 0 saturated carbocycles. The number of hydrogen-bond donors (Lipinski definition) is 7. The summed E-state index contributed by atoms with van der Waals surface area (Å²) >= 11 is 0. The highest BCUT2D eigenvalue weighted by Crippen LogP contribution is 2.39. The smallest absolute Gasteiger partial charge is 0.252 e. The second-order valence-electron chi connectivity index (χ2n) is 14.0. The number of nitrogens with zero attached hydrogens (tertiary/aromatic N) is 7. The van der Waals surface area contributed by atoms with Crippen LogP contribution in [-0.2, 0) is 19.3 Å². The molecule has 10 rings (SSSR count). The molecule has 6 heterocycles. The van der Waals surface area contributed by atoms with Gasteiger partial charge in [0.1, 0.15) is 39.9 Å². The van der Waals surface area contributed by atoms with Crippen LogP contribution in [0.2, 0.25) is 0 Å². The Bertz CT molecular complexity index is 3000. The summed E-state index contributed by atoms with van der Waals surface area (Å²) in [6, 6.07) is 15.2. The van der Waals surface area contributed by atoms with Gasteiger partial charge in [0.2, 0.25) is 0 Å². The number of imidazole rings is 1. The predicted molar refractivity (Wildman–Crippen MR) is 209 cm³/mol. The van der Waals surface area contributed by atoms with Gasteiger partial charge in [-0.15, -0.1) is 0 Å². The van der Waals surface area contributed by atoms with Gasteiger partial charge in [0.05, 0.1) is 17.0 Å². The van der Waals surface area contributed by atoms with E-state index in [0.717, 1.165) is 41.9 Å². The number of aliphatic hydroxyl groups excluding tert-OH is 1. The summed E-state index contributed by atoms with van der Waals surface area (Å²) in [6.07, 6.45) is 6.73. The number of aromatic nitrogens is 10. The predicted octanol–water partition coefficient (Wildman–Crippen LogP) is 6.45. The molecule has 3 aliphatic rings. The van der Waals surface area contributed by atoms with Crippen molar-refractivity contribution in [1.82, 2.24) is 55.2 Å². The lowest BCUT2D eigenvalue weighted by atomic mass is 9.99. The third kappa shape index (κ3) is 5.68. The molecule has 15 heteroatoms. The lowest BCUT2D eigenvalue weighted by molar-refractivity contribution is 0.0953. The van der Waals surface area contributed by atoms with Crippen molar-refractivity contribution >= 4 is 39.3 Å². The molecule has 276 valence electrons. The SMILES string of the molecule is Cc1nc(CCCCNC(=O)c2cccc3c2-c2nc-3nc3[nH]c(nc4nc(nc5[nH]c(n2)c2ccc(O)cc52)-c2cc(O)ccc2-4)c2c3CC=C(O)C2)c[nH]1. The monoisotopic (exact) mass is 743 g/mol. The molecule has 56 heavy (non-hydrogen) atoms. The maximum atomic E-state index is 13.9. The topological polar surface area (TPSA) is 227 Å². The second kappa shape index (κ2) is 12.9. The van der Waals surface area contributed by atoms with Crippen molar-refractivity contribution in [2.24, 2.45) is 0 Å². The van der Waals surface area contributed by atoms with Crippen LogP contribution in [0.15, 0.2) is 72.6 Å². The summed E-state index contributed by atoms with van der Waals surface area (Å²) in [4.78, 5) is 57.9. The molecular formula is C41H33N11O4. The first-order valence-electron chi connectivity index (χ1n) is 18.3. The zero-order valence-corrected chi connectivity index (χ0v) is 30.0. The number of amides is 1. The number of nitrogens with one attached hydrogen (secondary N) is 4. The summed E-state index contributed by atoms with van der Waals surface area (Å²) in [7, 11) is 0. The first-order chi connectivity index (χ1) is 27.3. The van der Waals surface area contributed by atoms with E-state index in [9.17, 15) is 20.1 Å². The standard InChI is InChI=1S/C41H33N11O4/c1-19-43-18-20(44-19)5-2-3-14-42-41(56)28-7-4-6-27-32(28)40-51-35-26-13-10-23(55)17-31(26)39(49-35)50-38-30-16-22(54)9-12-25(30)34(48-38)47-37-29-15-21(53)8-11-24(29)33(46-37)45-36(27)52-40/h4,6-10,12-13,16-18,53-55H,2-3,5,11,14-15H2,1H3,(H,42,56)(H,43,44)(H2,45,46,47,48,49,50,51,52). The minimum atomic E-state index is -0.267. The van der Waals surface area contributed by atoms with Crippen molar-refractivity contribution in [2.75, 3.05) is 6.54 Å². The summed E-state index contributed by atoms with van der Waals surface area (Å²) < 4.78 is 0. The zero-order valence-electron chi connectivity index (χ0n) is 30.0. The molecule has 2 aliphatic heterocycles. The molecule has 8 bridgehead atoms. The number of benzene rings is 3. The number of allylic oxidation sites excluding steroid dienone is 2. The van der Waals surface area contributed by atoms with Gasteiger partial charge >= 0.3 is 0 Å². The molecule has 7 aromatic rings. The highest BCUT2D eigenvalue weighted by molar-refractivity contribution is 6.07. The van der Waals surface area contributed by atoms with Crippen molar-refractivity contribution in [3.05, 3.63) is 101 Å². The number of carbonyl (C=O) groups is 1. The molecule has 3 aromatic carbocycles. The van der Waals surface area contributed by atoms with Crippen molar-refractivity contribution < 1.29 is 20.1 Å². The number of fused-ring (bicyclic) bond motifs is 20. The number of aromatic amines is 3. The highest BCUT2D eigenvalue weighted by atomic mass is 16.3. The number of aryl methyl sites for hydroxylation is 2. The van der Waals surface area contributed by atoms with E-state index >= 15 is 0 Å².